The van der Waals surface area contributed by atoms with Crippen LogP contribution in [-0.2, 0) is 35.5 Å². The molecular formula is C20H44O8Si5. The van der Waals surface area contributed by atoms with Crippen LogP contribution < -0.4 is 0 Å². The van der Waals surface area contributed by atoms with Crippen molar-refractivity contribution in [3.05, 3.63) is 22.5 Å². The van der Waals surface area contributed by atoms with Gasteiger partial charge in [-0.3, -0.25) is 0 Å². The average molecular weight is 553 g/mol. The molecule has 33 heavy (non-hydrogen) atoms. The smallest absolute Gasteiger partial charge is 0.466 e. The van der Waals surface area contributed by atoms with Crippen LogP contribution in [0.1, 0.15) is 13.8 Å². The van der Waals surface area contributed by atoms with Crippen LogP contribution in [0.3, 0.4) is 0 Å². The van der Waals surface area contributed by atoms with Crippen molar-refractivity contribution in [2.75, 3.05) is 14.2 Å². The molecule has 0 aliphatic heterocycles. The van der Waals surface area contributed by atoms with Gasteiger partial charge >= 0.3 is 29.3 Å². The molecule has 0 fully saturated rings. The van der Waals surface area contributed by atoms with E-state index in [1.807, 2.05) is 26.2 Å². The Hall–Kier alpha value is -0.656. The minimum absolute atomic E-state index is 0.327. The number of hydrogen-bond acceptors (Lipinski definition) is 8. The predicted octanol–water partition coefficient (Wildman–Crippen LogP) is 4.89. The van der Waals surface area contributed by atoms with Crippen LogP contribution in [0.25, 0.3) is 0 Å². The van der Waals surface area contributed by atoms with E-state index in [-0.39, 0.29) is 0 Å². The lowest BCUT2D eigenvalue weighted by atomic mass is 10.4. The van der Waals surface area contributed by atoms with Crippen LogP contribution in [-0.4, -0.2) is 68.5 Å². The Bertz CT molecular complexity index is 712. The van der Waals surface area contributed by atoms with Crippen LogP contribution in [0.15, 0.2) is 22.5 Å². The highest BCUT2D eigenvalue weighted by Gasteiger charge is 2.52. The van der Waals surface area contributed by atoms with Gasteiger partial charge in [-0.05, 0) is 84.2 Å². The minimum atomic E-state index is -3.56. The lowest BCUT2D eigenvalue weighted by molar-refractivity contribution is -0.136. The number of esters is 2. The van der Waals surface area contributed by atoms with E-state index in [1.165, 1.54) is 14.2 Å². The standard InChI is InChI=1S/C20H44O8Si5/c1-17(19(21)23-3)15-33(27-31(11,12)13,16-18(2)20(22)24-4)28-32(14,25-29(5,6)7)26-30(8,9)10/h15-16H,1-14H3. The highest BCUT2D eigenvalue weighted by molar-refractivity contribution is 6.95. The molecule has 0 rings (SSSR count). The second-order valence-electron chi connectivity index (χ2n) is 11.0. The molecule has 0 unspecified atom stereocenters. The summed E-state index contributed by atoms with van der Waals surface area (Å²) >= 11 is 0. The normalized spacial score (nSPS) is 16.3. The molecule has 0 N–H and O–H groups in total. The molecule has 0 aromatic carbocycles. The van der Waals surface area contributed by atoms with Gasteiger partial charge in [-0.25, -0.2) is 9.59 Å². The summed E-state index contributed by atoms with van der Waals surface area (Å²) in [4.78, 5) is 24.7. The highest BCUT2D eigenvalue weighted by Crippen LogP contribution is 2.30. The quantitative estimate of drug-likeness (QED) is 0.192. The van der Waals surface area contributed by atoms with E-state index in [4.69, 9.17) is 25.9 Å². The van der Waals surface area contributed by atoms with Gasteiger partial charge in [0.2, 0.25) is 0 Å². The van der Waals surface area contributed by atoms with Gasteiger partial charge in [0.25, 0.3) is 0 Å². The molecule has 0 saturated heterocycles. The molecule has 0 radical (unpaired) electrons. The minimum Gasteiger partial charge on any atom is -0.466 e. The second kappa shape index (κ2) is 11.9. The number of carbonyl (C=O) groups excluding carboxylic acids is 2. The van der Waals surface area contributed by atoms with Crippen LogP contribution in [0, 0.1) is 0 Å². The van der Waals surface area contributed by atoms with Gasteiger partial charge in [0.05, 0.1) is 14.2 Å². The van der Waals surface area contributed by atoms with E-state index in [0.717, 1.165) is 0 Å². The number of ether oxygens (including phenoxy) is 2. The SMILES string of the molecule is COC(=O)C(C)=C[Si](C=C(C)C(=O)OC)(O[Si](C)(C)C)O[Si](C)(O[Si](C)(C)C)O[Si](C)(C)C. The van der Waals surface area contributed by atoms with Crippen molar-refractivity contribution in [1.82, 2.24) is 0 Å². The molecule has 0 amide bonds. The van der Waals surface area contributed by atoms with E-state index in [2.05, 4.69) is 39.3 Å². The molecule has 0 aromatic rings. The summed E-state index contributed by atoms with van der Waals surface area (Å²) < 4.78 is 36.5. The van der Waals surface area contributed by atoms with Crippen molar-refractivity contribution in [3.8, 4) is 0 Å². The molecule has 0 heterocycles. The summed E-state index contributed by atoms with van der Waals surface area (Å²) in [5, 5.41) is 0. The number of hydrogen-bond donors (Lipinski definition) is 0. The lowest BCUT2D eigenvalue weighted by Crippen LogP contribution is -2.62. The zero-order valence-corrected chi connectivity index (χ0v) is 27.9. The van der Waals surface area contributed by atoms with Crippen LogP contribution in [0.2, 0.25) is 65.5 Å². The highest BCUT2D eigenvalue weighted by atomic mass is 28.5. The third kappa shape index (κ3) is 13.1. The van der Waals surface area contributed by atoms with Crippen molar-refractivity contribution in [1.29, 1.82) is 0 Å². The third-order valence-electron chi connectivity index (χ3n) is 3.64. The largest absolute Gasteiger partial charge is 0.468 e. The van der Waals surface area contributed by atoms with Crippen LogP contribution in [0.4, 0.5) is 0 Å². The fourth-order valence-corrected chi connectivity index (χ4v) is 22.8. The van der Waals surface area contributed by atoms with E-state index >= 15 is 0 Å². The monoisotopic (exact) mass is 552 g/mol. The number of rotatable bonds is 12. The maximum Gasteiger partial charge on any atom is 0.468 e. The molecule has 0 bridgehead atoms. The maximum atomic E-state index is 12.3. The Morgan fingerprint density at radius 1 is 0.545 bits per heavy atom. The Balaban J connectivity index is 7.11. The summed E-state index contributed by atoms with van der Waals surface area (Å²) in [6, 6.07) is 0. The Morgan fingerprint density at radius 3 is 1.09 bits per heavy atom. The predicted molar refractivity (Wildman–Crippen MR) is 143 cm³/mol. The van der Waals surface area contributed by atoms with Gasteiger partial charge in [-0.15, -0.1) is 0 Å². The molecule has 0 saturated carbocycles. The van der Waals surface area contributed by atoms with Gasteiger partial charge in [0.15, 0.2) is 25.0 Å². The Kier molecular flexibility index (Phi) is 11.6. The molecule has 192 valence electrons. The average Bonchev–Trinajstić information content (AvgIpc) is 2.54. The molecule has 0 aliphatic carbocycles. The lowest BCUT2D eigenvalue weighted by Gasteiger charge is -2.43. The van der Waals surface area contributed by atoms with Gasteiger partial charge in [0, 0.05) is 17.7 Å². The van der Waals surface area contributed by atoms with Crippen molar-refractivity contribution in [2.24, 2.45) is 0 Å². The molecule has 0 aliphatic rings. The van der Waals surface area contributed by atoms with Crippen LogP contribution in [0.5, 0.6) is 0 Å². The Morgan fingerprint density at radius 2 is 0.848 bits per heavy atom. The van der Waals surface area contributed by atoms with Gasteiger partial charge in [-0.2, -0.15) is 0 Å². The number of methoxy groups -OCH3 is 2. The summed E-state index contributed by atoms with van der Waals surface area (Å²) in [6.07, 6.45) is 0. The first-order valence-corrected chi connectivity index (χ1v) is 25.3. The molecule has 0 aromatic heterocycles. The fraction of sp³-hybridized carbons (Fsp3) is 0.700. The first-order chi connectivity index (χ1) is 14.6. The van der Waals surface area contributed by atoms with Crippen molar-refractivity contribution < 1.29 is 35.5 Å². The summed E-state index contributed by atoms with van der Waals surface area (Å²) in [5.74, 6) is -1.00. The van der Waals surface area contributed by atoms with Crippen LogP contribution >= 0.6 is 0 Å². The van der Waals surface area contributed by atoms with Crippen molar-refractivity contribution in [3.63, 3.8) is 0 Å². The van der Waals surface area contributed by atoms with Crippen molar-refractivity contribution in [2.45, 2.75) is 79.3 Å². The zero-order valence-electron chi connectivity index (χ0n) is 22.9. The maximum absolute atomic E-state index is 12.3. The molecule has 0 atom stereocenters. The second-order valence-corrected chi connectivity index (χ2v) is 30.7. The fourth-order valence-electron chi connectivity index (χ4n) is 3.17. The molecule has 0 spiro atoms. The van der Waals surface area contributed by atoms with E-state index < -0.39 is 54.3 Å². The van der Waals surface area contributed by atoms with Gasteiger partial charge in [-0.1, -0.05) is 0 Å². The summed E-state index contributed by atoms with van der Waals surface area (Å²) in [6.45, 7) is 23.7. The molecular weight excluding hydrogens is 509 g/mol. The number of carbonyl (C=O) groups is 2. The first-order valence-electron chi connectivity index (χ1n) is 10.9. The first kappa shape index (κ1) is 32.3. The molecule has 13 heteroatoms. The summed E-state index contributed by atoms with van der Waals surface area (Å²) in [7, 11) is -10.7. The van der Waals surface area contributed by atoms with E-state index in [1.54, 1.807) is 25.2 Å². The zero-order chi connectivity index (χ0) is 26.5. The van der Waals surface area contributed by atoms with Gasteiger partial charge < -0.3 is 25.9 Å². The van der Waals surface area contributed by atoms with Gasteiger partial charge in [0.1, 0.15) is 0 Å². The third-order valence-corrected chi connectivity index (χ3v) is 19.7. The molecule has 8 nitrogen and oxygen atoms in total. The van der Waals surface area contributed by atoms with E-state index in [9.17, 15) is 9.59 Å². The van der Waals surface area contributed by atoms with E-state index in [0.29, 0.717) is 11.1 Å². The topological polar surface area (TPSA) is 89.5 Å². The van der Waals surface area contributed by atoms with Crippen molar-refractivity contribution >= 4 is 54.3 Å². The summed E-state index contributed by atoms with van der Waals surface area (Å²) in [5.41, 5.74) is 4.01. The Labute approximate surface area is 205 Å².